The maximum absolute atomic E-state index is 12.7. The fraction of sp³-hybridized carbons (Fsp3) is 0.722. The van der Waals surface area contributed by atoms with Gasteiger partial charge in [0.1, 0.15) is 12.4 Å². The first kappa shape index (κ1) is 27.9. The average Bonchev–Trinajstić information content (AvgIpc) is 3.15. The smallest absolute Gasteiger partial charge is 0.359 e. The Morgan fingerprint density at radius 2 is 2.03 bits per heavy atom. The van der Waals surface area contributed by atoms with Crippen molar-refractivity contribution >= 4 is 30.5 Å². The third-order valence-electron chi connectivity index (χ3n) is 5.68. The van der Waals surface area contributed by atoms with E-state index in [9.17, 15) is 24.8 Å². The van der Waals surface area contributed by atoms with Crippen LogP contribution in [-0.4, -0.2) is 70.0 Å². The van der Waals surface area contributed by atoms with E-state index in [-0.39, 0.29) is 42.4 Å². The van der Waals surface area contributed by atoms with E-state index in [2.05, 4.69) is 25.0 Å². The number of ether oxygens (including phenoxy) is 1. The largest absolute Gasteiger partial charge is 0.394 e. The molecule has 190 valence electrons. The van der Waals surface area contributed by atoms with Gasteiger partial charge in [0.2, 0.25) is 5.95 Å². The molecule has 0 fully saturated rings. The van der Waals surface area contributed by atoms with E-state index in [0.717, 1.165) is 6.33 Å². The lowest BCUT2D eigenvalue weighted by Crippen LogP contribution is -2.35. The number of aromatic nitrogens is 4. The number of nitrogens with zero attached hydrogens (tertiary/aromatic N) is 7. The summed E-state index contributed by atoms with van der Waals surface area (Å²) >= 11 is 0. The Kier molecular flexibility index (Phi) is 8.97. The highest BCUT2D eigenvalue weighted by molar-refractivity contribution is 7.54. The third kappa shape index (κ3) is 5.82. The Hall–Kier alpha value is -2.35. The predicted molar refractivity (Wildman–Crippen MR) is 122 cm³/mol. The van der Waals surface area contributed by atoms with Gasteiger partial charge in [0.05, 0.1) is 18.8 Å². The standard InChI is InChI=1S/C18H31N8O7P/c1-5-17(3,33-34(30,31)18(4,29)6-2)7-8-32-15(11(28)9-27)26-14-12(13(19)21-10-22-14)23-16(26)24-25-20/h10-11,15,27-29H,5-9H2,1-4H3,(H,30,31)(H2,19,21,22)/t11-,15-,17?,18?/m1/s1. The van der Waals surface area contributed by atoms with E-state index >= 15 is 0 Å². The van der Waals surface area contributed by atoms with Crippen molar-refractivity contribution in [3.05, 3.63) is 16.8 Å². The summed E-state index contributed by atoms with van der Waals surface area (Å²) in [5, 5.41) is 31.8. The summed E-state index contributed by atoms with van der Waals surface area (Å²) in [6.45, 7) is 5.27. The molecule has 34 heavy (non-hydrogen) atoms. The minimum atomic E-state index is -4.42. The van der Waals surface area contributed by atoms with Gasteiger partial charge in [-0.3, -0.25) is 9.13 Å². The second-order valence-corrected chi connectivity index (χ2v) is 10.3. The van der Waals surface area contributed by atoms with E-state index in [1.807, 2.05) is 0 Å². The number of nitrogens with two attached hydrogens (primary N) is 1. The van der Waals surface area contributed by atoms with Crippen molar-refractivity contribution in [2.24, 2.45) is 5.11 Å². The summed E-state index contributed by atoms with van der Waals surface area (Å²) < 4.78 is 25.1. The van der Waals surface area contributed by atoms with Gasteiger partial charge in [0.15, 0.2) is 28.6 Å². The zero-order valence-electron chi connectivity index (χ0n) is 19.4. The molecule has 0 aromatic carbocycles. The summed E-state index contributed by atoms with van der Waals surface area (Å²) in [6, 6.07) is 0. The summed E-state index contributed by atoms with van der Waals surface area (Å²) in [6.07, 6.45) is -1.27. The number of fused-ring (bicyclic) bond motifs is 1. The Morgan fingerprint density at radius 1 is 1.35 bits per heavy atom. The van der Waals surface area contributed by atoms with Gasteiger partial charge in [0, 0.05) is 11.3 Å². The van der Waals surface area contributed by atoms with Crippen molar-refractivity contribution < 1.29 is 34.0 Å². The van der Waals surface area contributed by atoms with Crippen molar-refractivity contribution in [3.8, 4) is 0 Å². The number of nitrogen functional groups attached to an aromatic ring is 1. The van der Waals surface area contributed by atoms with Crippen LogP contribution in [-0.2, 0) is 13.8 Å². The topological polar surface area (TPSA) is 235 Å². The van der Waals surface area contributed by atoms with Gasteiger partial charge in [0.25, 0.3) is 0 Å². The number of rotatable bonds is 13. The highest BCUT2D eigenvalue weighted by atomic mass is 31.2. The van der Waals surface area contributed by atoms with E-state index in [1.165, 1.54) is 11.5 Å². The molecule has 0 radical (unpaired) electrons. The molecule has 5 atom stereocenters. The Morgan fingerprint density at radius 3 is 2.59 bits per heavy atom. The molecule has 0 aliphatic heterocycles. The van der Waals surface area contributed by atoms with Crippen LogP contribution in [0, 0.1) is 0 Å². The molecule has 2 heterocycles. The molecule has 16 heteroatoms. The summed E-state index contributed by atoms with van der Waals surface area (Å²) in [5.41, 5.74) is 13.8. The van der Waals surface area contributed by atoms with Crippen molar-refractivity contribution in [1.29, 1.82) is 0 Å². The summed E-state index contributed by atoms with van der Waals surface area (Å²) in [7, 11) is -4.42. The lowest BCUT2D eigenvalue weighted by Gasteiger charge is -2.36. The third-order valence-corrected chi connectivity index (χ3v) is 7.90. The molecule has 0 saturated heterocycles. The zero-order chi connectivity index (χ0) is 25.7. The van der Waals surface area contributed by atoms with Crippen LogP contribution in [0.2, 0.25) is 0 Å². The van der Waals surface area contributed by atoms with Crippen LogP contribution in [0.4, 0.5) is 11.8 Å². The van der Waals surface area contributed by atoms with Gasteiger partial charge in [-0.05, 0) is 37.3 Å². The molecule has 0 bridgehead atoms. The van der Waals surface area contributed by atoms with Crippen LogP contribution in [0.5, 0.6) is 0 Å². The Labute approximate surface area is 195 Å². The number of aliphatic hydroxyl groups excluding tert-OH is 2. The first-order valence-electron chi connectivity index (χ1n) is 10.6. The monoisotopic (exact) mass is 502 g/mol. The maximum Gasteiger partial charge on any atom is 0.359 e. The number of aliphatic hydroxyl groups is 3. The maximum atomic E-state index is 12.7. The second-order valence-electron chi connectivity index (χ2n) is 8.15. The molecule has 0 saturated carbocycles. The number of imidazole rings is 1. The van der Waals surface area contributed by atoms with Crippen molar-refractivity contribution in [2.45, 2.75) is 70.2 Å². The highest BCUT2D eigenvalue weighted by Crippen LogP contribution is 2.58. The average molecular weight is 502 g/mol. The SMILES string of the molecule is CCC(C)(CCO[C@H]([C@H](O)CO)n1c(N=[N+]=[N-])nc2c(N)ncnc21)OP(=O)(O)C(C)(O)CC. The van der Waals surface area contributed by atoms with Crippen LogP contribution in [0.25, 0.3) is 21.6 Å². The van der Waals surface area contributed by atoms with Crippen molar-refractivity contribution in [2.75, 3.05) is 18.9 Å². The van der Waals surface area contributed by atoms with Crippen LogP contribution in [0.3, 0.4) is 0 Å². The number of azide groups is 1. The quantitative estimate of drug-likeness (QED) is 0.115. The normalized spacial score (nSPS) is 18.9. The predicted octanol–water partition coefficient (Wildman–Crippen LogP) is 2.10. The van der Waals surface area contributed by atoms with Crippen molar-refractivity contribution in [1.82, 2.24) is 19.5 Å². The van der Waals surface area contributed by atoms with Crippen LogP contribution in [0.1, 0.15) is 53.2 Å². The molecular formula is C18H31N8O7P. The van der Waals surface area contributed by atoms with Crippen LogP contribution >= 0.6 is 7.60 Å². The Balaban J connectivity index is 2.34. The van der Waals surface area contributed by atoms with Gasteiger partial charge in [-0.25, -0.2) is 15.0 Å². The molecule has 0 aliphatic carbocycles. The molecule has 15 nitrogen and oxygen atoms in total. The van der Waals surface area contributed by atoms with Crippen LogP contribution in [0.15, 0.2) is 11.4 Å². The summed E-state index contributed by atoms with van der Waals surface area (Å²) in [5.74, 6) is -0.223. The van der Waals surface area contributed by atoms with Gasteiger partial charge < -0.3 is 35.2 Å². The molecule has 0 spiro atoms. The molecule has 2 aromatic rings. The fourth-order valence-corrected chi connectivity index (χ4v) is 4.40. The molecule has 2 rings (SSSR count). The van der Waals surface area contributed by atoms with Gasteiger partial charge in [-0.2, -0.15) is 0 Å². The molecule has 2 aromatic heterocycles. The number of hydrogen-bond acceptors (Lipinski definition) is 11. The first-order chi connectivity index (χ1) is 15.9. The minimum Gasteiger partial charge on any atom is -0.394 e. The lowest BCUT2D eigenvalue weighted by molar-refractivity contribution is -0.106. The van der Waals surface area contributed by atoms with Gasteiger partial charge in [-0.1, -0.05) is 13.8 Å². The summed E-state index contributed by atoms with van der Waals surface area (Å²) in [4.78, 5) is 25.0. The van der Waals surface area contributed by atoms with E-state index in [4.69, 9.17) is 20.5 Å². The molecular weight excluding hydrogens is 471 g/mol. The van der Waals surface area contributed by atoms with E-state index in [1.54, 1.807) is 20.8 Å². The van der Waals surface area contributed by atoms with Gasteiger partial charge in [-0.15, -0.1) is 0 Å². The molecule has 6 N–H and O–H groups in total. The first-order valence-corrected chi connectivity index (χ1v) is 12.1. The van der Waals surface area contributed by atoms with Gasteiger partial charge >= 0.3 is 7.60 Å². The Bertz CT molecular complexity index is 1090. The second kappa shape index (κ2) is 10.9. The number of anilines is 1. The van der Waals surface area contributed by atoms with E-state index in [0.29, 0.717) is 6.42 Å². The minimum absolute atomic E-state index is 0.00270. The molecule has 3 unspecified atom stereocenters. The number of hydrogen-bond donors (Lipinski definition) is 5. The van der Waals surface area contributed by atoms with Crippen LogP contribution < -0.4 is 5.73 Å². The molecule has 0 amide bonds. The molecule has 0 aliphatic rings. The zero-order valence-corrected chi connectivity index (χ0v) is 20.3. The highest BCUT2D eigenvalue weighted by Gasteiger charge is 2.46. The fourth-order valence-electron chi connectivity index (χ4n) is 2.99. The van der Waals surface area contributed by atoms with E-state index < -0.39 is 37.5 Å². The van der Waals surface area contributed by atoms with Crippen molar-refractivity contribution in [3.63, 3.8) is 0 Å². The lowest BCUT2D eigenvalue weighted by atomic mass is 10.0.